The van der Waals surface area contributed by atoms with Crippen LogP contribution < -0.4 is 5.73 Å². The van der Waals surface area contributed by atoms with E-state index in [1.807, 2.05) is 26.8 Å². The summed E-state index contributed by atoms with van der Waals surface area (Å²) >= 11 is 1.38. The molecule has 1 aromatic rings. The fourth-order valence-electron chi connectivity index (χ4n) is 1.73. The van der Waals surface area contributed by atoms with Crippen LogP contribution in [0.2, 0.25) is 0 Å². The number of aryl methyl sites for hydroxylation is 1. The van der Waals surface area contributed by atoms with Gasteiger partial charge in [-0.1, -0.05) is 11.8 Å². The van der Waals surface area contributed by atoms with Crippen LogP contribution in [-0.2, 0) is 0 Å². The highest BCUT2D eigenvalue weighted by Gasteiger charge is 2.19. The van der Waals surface area contributed by atoms with E-state index in [4.69, 9.17) is 11.0 Å². The second kappa shape index (κ2) is 7.69. The second-order valence-electron chi connectivity index (χ2n) is 4.50. The Morgan fingerprint density at radius 3 is 2.85 bits per heavy atom. The molecule has 0 saturated heterocycles. The molecule has 1 heterocycles. The van der Waals surface area contributed by atoms with E-state index in [2.05, 4.69) is 17.9 Å². The zero-order valence-corrected chi connectivity index (χ0v) is 12.9. The zero-order chi connectivity index (χ0) is 15.1. The van der Waals surface area contributed by atoms with Crippen molar-refractivity contribution in [2.45, 2.75) is 20.8 Å². The second-order valence-corrected chi connectivity index (χ2v) is 5.55. The van der Waals surface area contributed by atoms with Gasteiger partial charge in [-0.2, -0.15) is 5.26 Å². The molecule has 20 heavy (non-hydrogen) atoms. The highest BCUT2D eigenvalue weighted by Crippen LogP contribution is 2.22. The number of thiophene rings is 1. The summed E-state index contributed by atoms with van der Waals surface area (Å²) in [6.45, 7) is 7.01. The van der Waals surface area contributed by atoms with Gasteiger partial charge in [-0.3, -0.25) is 4.79 Å². The minimum absolute atomic E-state index is 0.0384. The minimum atomic E-state index is -0.170. The lowest BCUT2D eigenvalue weighted by Crippen LogP contribution is -2.33. The SMILES string of the molecule is CCN(CC(C)C#N)C(=O)c1cc(C)c(C#CCN)s1. The summed E-state index contributed by atoms with van der Waals surface area (Å²) in [5.41, 5.74) is 6.35. The third-order valence-electron chi connectivity index (χ3n) is 2.82. The number of hydrogen-bond acceptors (Lipinski definition) is 4. The average molecular weight is 289 g/mol. The van der Waals surface area contributed by atoms with Gasteiger partial charge in [0.05, 0.1) is 28.3 Å². The molecule has 1 atom stereocenters. The van der Waals surface area contributed by atoms with Gasteiger partial charge in [-0.15, -0.1) is 11.3 Å². The lowest BCUT2D eigenvalue weighted by atomic mass is 10.2. The summed E-state index contributed by atoms with van der Waals surface area (Å²) in [6, 6.07) is 4.01. The molecule has 0 aliphatic rings. The van der Waals surface area contributed by atoms with E-state index in [0.29, 0.717) is 24.5 Å². The maximum atomic E-state index is 12.4. The smallest absolute Gasteiger partial charge is 0.264 e. The molecule has 5 heteroatoms. The number of hydrogen-bond donors (Lipinski definition) is 1. The molecule has 0 aromatic carbocycles. The van der Waals surface area contributed by atoms with Crippen molar-refractivity contribution < 1.29 is 4.79 Å². The number of nitriles is 1. The number of rotatable bonds is 4. The Balaban J connectivity index is 2.93. The predicted octanol–water partition coefficient (Wildman–Crippen LogP) is 1.99. The van der Waals surface area contributed by atoms with Crippen molar-refractivity contribution in [3.63, 3.8) is 0 Å². The van der Waals surface area contributed by atoms with Crippen LogP contribution in [-0.4, -0.2) is 30.4 Å². The zero-order valence-electron chi connectivity index (χ0n) is 12.1. The van der Waals surface area contributed by atoms with Crippen molar-refractivity contribution in [2.75, 3.05) is 19.6 Å². The summed E-state index contributed by atoms with van der Waals surface area (Å²) in [5.74, 6) is 5.57. The minimum Gasteiger partial charge on any atom is -0.337 e. The Kier molecular flexibility index (Phi) is 6.24. The van der Waals surface area contributed by atoms with E-state index < -0.39 is 0 Å². The molecule has 0 spiro atoms. The van der Waals surface area contributed by atoms with E-state index in [9.17, 15) is 4.79 Å². The van der Waals surface area contributed by atoms with Crippen molar-refractivity contribution in [1.82, 2.24) is 4.90 Å². The molecular formula is C15H19N3OS. The fourth-order valence-corrected chi connectivity index (χ4v) is 2.74. The molecule has 0 saturated carbocycles. The molecule has 4 nitrogen and oxygen atoms in total. The Morgan fingerprint density at radius 1 is 1.60 bits per heavy atom. The fraction of sp³-hybridized carbons (Fsp3) is 0.467. The Bertz CT molecular complexity index is 574. The lowest BCUT2D eigenvalue weighted by molar-refractivity contribution is 0.0757. The normalized spacial score (nSPS) is 11.2. The third-order valence-corrected chi connectivity index (χ3v) is 3.96. The van der Waals surface area contributed by atoms with Gasteiger partial charge in [0.1, 0.15) is 0 Å². The first-order valence-electron chi connectivity index (χ1n) is 6.51. The standard InChI is InChI=1S/C15H19N3OS/c1-4-18(10-11(2)9-17)15(19)14-8-12(3)13(20-14)6-5-7-16/h8,11H,4,7,10,16H2,1-3H3. The van der Waals surface area contributed by atoms with E-state index in [1.165, 1.54) is 11.3 Å². The van der Waals surface area contributed by atoms with E-state index in [0.717, 1.165) is 10.4 Å². The van der Waals surface area contributed by atoms with Crippen LogP contribution in [0.1, 0.15) is 34.0 Å². The molecule has 1 aromatic heterocycles. The molecule has 0 aliphatic heterocycles. The van der Waals surface area contributed by atoms with Gasteiger partial charge >= 0.3 is 0 Å². The van der Waals surface area contributed by atoms with Crippen LogP contribution in [0, 0.1) is 36.0 Å². The Hall–Kier alpha value is -1.82. The molecule has 0 fully saturated rings. The molecule has 1 amide bonds. The molecule has 0 aliphatic carbocycles. The first-order chi connectivity index (χ1) is 9.53. The largest absolute Gasteiger partial charge is 0.337 e. The van der Waals surface area contributed by atoms with Gasteiger partial charge in [0.2, 0.25) is 0 Å². The molecule has 0 bridgehead atoms. The van der Waals surface area contributed by atoms with Gasteiger partial charge in [0.25, 0.3) is 5.91 Å². The summed E-state index contributed by atoms with van der Waals surface area (Å²) in [5, 5.41) is 8.86. The van der Waals surface area contributed by atoms with Crippen LogP contribution in [0.15, 0.2) is 6.07 Å². The first kappa shape index (κ1) is 16.2. The summed E-state index contributed by atoms with van der Waals surface area (Å²) in [6.07, 6.45) is 0. The molecule has 2 N–H and O–H groups in total. The van der Waals surface area contributed by atoms with Gasteiger partial charge < -0.3 is 10.6 Å². The van der Waals surface area contributed by atoms with Gasteiger partial charge in [0.15, 0.2) is 0 Å². The van der Waals surface area contributed by atoms with Gasteiger partial charge in [-0.25, -0.2) is 0 Å². The topological polar surface area (TPSA) is 70.1 Å². The van der Waals surface area contributed by atoms with E-state index >= 15 is 0 Å². The van der Waals surface area contributed by atoms with Crippen molar-refractivity contribution in [2.24, 2.45) is 11.7 Å². The summed E-state index contributed by atoms with van der Waals surface area (Å²) in [4.78, 5) is 15.7. The number of nitrogens with two attached hydrogens (primary N) is 1. The van der Waals surface area contributed by atoms with E-state index in [-0.39, 0.29) is 11.8 Å². The number of carbonyl (C=O) groups is 1. The third kappa shape index (κ3) is 4.09. The van der Waals surface area contributed by atoms with Crippen LogP contribution in [0.25, 0.3) is 0 Å². The van der Waals surface area contributed by atoms with Crippen LogP contribution >= 0.6 is 11.3 Å². The van der Waals surface area contributed by atoms with Crippen molar-refractivity contribution in [1.29, 1.82) is 5.26 Å². The van der Waals surface area contributed by atoms with Crippen LogP contribution in [0.4, 0.5) is 0 Å². The molecule has 1 rings (SSSR count). The van der Waals surface area contributed by atoms with Crippen molar-refractivity contribution in [3.8, 4) is 17.9 Å². The number of carbonyl (C=O) groups excluding carboxylic acids is 1. The predicted molar refractivity (Wildman–Crippen MR) is 81.3 cm³/mol. The maximum absolute atomic E-state index is 12.4. The number of nitrogens with zero attached hydrogens (tertiary/aromatic N) is 2. The van der Waals surface area contributed by atoms with Gasteiger partial charge in [-0.05, 0) is 32.4 Å². The molecular weight excluding hydrogens is 270 g/mol. The first-order valence-corrected chi connectivity index (χ1v) is 7.33. The summed E-state index contributed by atoms with van der Waals surface area (Å²) in [7, 11) is 0. The van der Waals surface area contributed by atoms with E-state index in [1.54, 1.807) is 4.90 Å². The summed E-state index contributed by atoms with van der Waals surface area (Å²) < 4.78 is 0. The molecule has 0 radical (unpaired) electrons. The van der Waals surface area contributed by atoms with Crippen LogP contribution in [0.3, 0.4) is 0 Å². The average Bonchev–Trinajstić information content (AvgIpc) is 2.82. The number of amides is 1. The Morgan fingerprint density at radius 2 is 2.30 bits per heavy atom. The molecule has 106 valence electrons. The van der Waals surface area contributed by atoms with Crippen molar-refractivity contribution >= 4 is 17.2 Å². The lowest BCUT2D eigenvalue weighted by Gasteiger charge is -2.21. The monoisotopic (exact) mass is 289 g/mol. The van der Waals surface area contributed by atoms with Gasteiger partial charge in [0, 0.05) is 13.1 Å². The quantitative estimate of drug-likeness (QED) is 0.862. The van der Waals surface area contributed by atoms with Crippen molar-refractivity contribution in [3.05, 3.63) is 21.4 Å². The van der Waals surface area contributed by atoms with Crippen LogP contribution in [0.5, 0.6) is 0 Å². The highest BCUT2D eigenvalue weighted by atomic mass is 32.1. The maximum Gasteiger partial charge on any atom is 0.264 e. The molecule has 1 unspecified atom stereocenters. The highest BCUT2D eigenvalue weighted by molar-refractivity contribution is 7.14. The Labute approximate surface area is 124 Å².